The van der Waals surface area contributed by atoms with Crippen molar-refractivity contribution in [2.24, 2.45) is 11.7 Å². The molecule has 0 saturated carbocycles. The van der Waals surface area contributed by atoms with Gasteiger partial charge in [0.1, 0.15) is 0 Å². The van der Waals surface area contributed by atoms with E-state index >= 15 is 0 Å². The quantitative estimate of drug-likeness (QED) is 0.771. The van der Waals surface area contributed by atoms with Gasteiger partial charge in [0.05, 0.1) is 5.92 Å². The normalized spacial score (nSPS) is 18.5. The minimum atomic E-state index is -0.873. The van der Waals surface area contributed by atoms with Crippen LogP contribution in [0, 0.1) is 5.92 Å². The molecule has 1 atom stereocenters. The van der Waals surface area contributed by atoms with Gasteiger partial charge in [-0.25, -0.2) is 4.79 Å². The van der Waals surface area contributed by atoms with Crippen molar-refractivity contribution >= 4 is 12.0 Å². The van der Waals surface area contributed by atoms with E-state index in [0.717, 1.165) is 12.8 Å². The third-order valence-corrected chi connectivity index (χ3v) is 3.38. The molecule has 1 heterocycles. The number of carbonyl (C=O) groups is 2. The zero-order valence-electron chi connectivity index (χ0n) is 11.1. The number of hydrogen-bond donors (Lipinski definition) is 2. The smallest absolute Gasteiger partial charge is 0.320 e. The van der Waals surface area contributed by atoms with Gasteiger partial charge in [-0.3, -0.25) is 4.79 Å². The summed E-state index contributed by atoms with van der Waals surface area (Å²) in [5.41, 5.74) is 5.80. The third kappa shape index (κ3) is 3.87. The van der Waals surface area contributed by atoms with Gasteiger partial charge in [0.2, 0.25) is 0 Å². The van der Waals surface area contributed by atoms with Crippen LogP contribution in [0.5, 0.6) is 0 Å². The highest BCUT2D eigenvalue weighted by molar-refractivity contribution is 5.76. The highest BCUT2D eigenvalue weighted by atomic mass is 16.4. The average Bonchev–Trinajstić information content (AvgIpc) is 2.35. The van der Waals surface area contributed by atoms with E-state index < -0.39 is 11.9 Å². The number of aliphatic carboxylic acids is 1. The molecule has 1 aliphatic heterocycles. The molecule has 2 amide bonds. The van der Waals surface area contributed by atoms with Crippen LogP contribution in [-0.2, 0) is 4.79 Å². The summed E-state index contributed by atoms with van der Waals surface area (Å²) in [5.74, 6) is -1.41. The van der Waals surface area contributed by atoms with Gasteiger partial charge in [0.15, 0.2) is 0 Å². The Hall–Kier alpha value is -1.30. The number of hydrogen-bond acceptors (Lipinski definition) is 3. The number of nitrogens with zero attached hydrogens (tertiary/aromatic N) is 2. The van der Waals surface area contributed by atoms with Crippen LogP contribution in [0.15, 0.2) is 0 Å². The number of piperidine rings is 1. The van der Waals surface area contributed by atoms with E-state index in [1.54, 1.807) is 16.7 Å². The minimum absolute atomic E-state index is 0.0718. The molecule has 0 aromatic rings. The highest BCUT2D eigenvalue weighted by Gasteiger charge is 2.26. The number of carboxylic acids is 1. The third-order valence-electron chi connectivity index (χ3n) is 3.38. The maximum atomic E-state index is 12.2. The summed E-state index contributed by atoms with van der Waals surface area (Å²) >= 11 is 0. The summed E-state index contributed by atoms with van der Waals surface area (Å²) in [5, 5.41) is 8.89. The standard InChI is InChI=1S/C12H23N3O3/c1-3-14(8-9(2)11(16)17)12(18)15-6-4-10(13)5-7-15/h9-10H,3-8,13H2,1-2H3,(H,16,17). The van der Waals surface area contributed by atoms with Crippen molar-refractivity contribution < 1.29 is 14.7 Å². The molecule has 0 radical (unpaired) electrons. The molecule has 1 aliphatic rings. The molecule has 0 spiro atoms. The first-order chi connectivity index (χ1) is 8.45. The van der Waals surface area contributed by atoms with E-state index in [4.69, 9.17) is 10.8 Å². The zero-order valence-corrected chi connectivity index (χ0v) is 11.1. The van der Waals surface area contributed by atoms with Crippen LogP contribution in [-0.4, -0.2) is 59.1 Å². The first-order valence-corrected chi connectivity index (χ1v) is 6.48. The molecule has 0 aliphatic carbocycles. The van der Waals surface area contributed by atoms with E-state index in [2.05, 4.69) is 0 Å². The van der Waals surface area contributed by atoms with Crippen molar-refractivity contribution in [2.75, 3.05) is 26.2 Å². The topological polar surface area (TPSA) is 86.9 Å². The number of amides is 2. The molecular formula is C12H23N3O3. The lowest BCUT2D eigenvalue weighted by atomic mass is 10.1. The summed E-state index contributed by atoms with van der Waals surface area (Å²) in [7, 11) is 0. The Kier molecular flexibility index (Phi) is 5.40. The molecule has 6 heteroatoms. The predicted molar refractivity (Wildman–Crippen MR) is 68.2 cm³/mol. The summed E-state index contributed by atoms with van der Waals surface area (Å²) in [6.07, 6.45) is 1.63. The molecule has 1 saturated heterocycles. The van der Waals surface area contributed by atoms with Crippen molar-refractivity contribution in [2.45, 2.75) is 32.7 Å². The largest absolute Gasteiger partial charge is 0.481 e. The first-order valence-electron chi connectivity index (χ1n) is 6.48. The van der Waals surface area contributed by atoms with Crippen LogP contribution >= 0.6 is 0 Å². The molecule has 0 aromatic heterocycles. The van der Waals surface area contributed by atoms with Gasteiger partial charge in [-0.2, -0.15) is 0 Å². The van der Waals surface area contributed by atoms with Gasteiger partial charge >= 0.3 is 12.0 Å². The summed E-state index contributed by atoms with van der Waals surface area (Å²) in [6, 6.07) is 0.111. The van der Waals surface area contributed by atoms with Crippen molar-refractivity contribution in [3.05, 3.63) is 0 Å². The summed E-state index contributed by atoms with van der Waals surface area (Å²) in [4.78, 5) is 26.4. The SMILES string of the molecule is CCN(CC(C)C(=O)O)C(=O)N1CCC(N)CC1. The molecular weight excluding hydrogens is 234 g/mol. The van der Waals surface area contributed by atoms with Gasteiger partial charge in [-0.05, 0) is 19.8 Å². The summed E-state index contributed by atoms with van der Waals surface area (Å²) in [6.45, 7) is 5.59. The second-order valence-corrected chi connectivity index (χ2v) is 4.88. The number of likely N-dealkylation sites (tertiary alicyclic amines) is 1. The molecule has 1 unspecified atom stereocenters. The monoisotopic (exact) mass is 257 g/mol. The van der Waals surface area contributed by atoms with E-state index in [1.807, 2.05) is 6.92 Å². The molecule has 1 rings (SSSR count). The predicted octanol–water partition coefficient (Wildman–Crippen LogP) is 0.572. The lowest BCUT2D eigenvalue weighted by molar-refractivity contribution is -0.141. The minimum Gasteiger partial charge on any atom is -0.481 e. The molecule has 0 aromatic carbocycles. The second-order valence-electron chi connectivity index (χ2n) is 4.88. The molecule has 18 heavy (non-hydrogen) atoms. The lowest BCUT2D eigenvalue weighted by Gasteiger charge is -2.35. The average molecular weight is 257 g/mol. The van der Waals surface area contributed by atoms with Crippen LogP contribution in [0.1, 0.15) is 26.7 Å². The number of carboxylic acid groups (broad SMARTS) is 1. The van der Waals surface area contributed by atoms with Crippen LogP contribution < -0.4 is 5.73 Å². The number of rotatable bonds is 4. The number of urea groups is 1. The second kappa shape index (κ2) is 6.58. The Balaban J connectivity index is 2.54. The van der Waals surface area contributed by atoms with Gasteiger partial charge < -0.3 is 20.6 Å². The molecule has 0 bridgehead atoms. The maximum absolute atomic E-state index is 12.2. The van der Waals surface area contributed by atoms with Gasteiger partial charge in [0.25, 0.3) is 0 Å². The van der Waals surface area contributed by atoms with Gasteiger partial charge in [0, 0.05) is 32.2 Å². The molecule has 104 valence electrons. The Morgan fingerprint density at radius 2 is 2.00 bits per heavy atom. The Morgan fingerprint density at radius 3 is 2.44 bits per heavy atom. The summed E-state index contributed by atoms with van der Waals surface area (Å²) < 4.78 is 0. The first kappa shape index (κ1) is 14.8. The number of nitrogens with two attached hydrogens (primary N) is 1. The van der Waals surface area contributed by atoms with Crippen molar-refractivity contribution in [3.63, 3.8) is 0 Å². The Labute approximate surface area is 108 Å². The highest BCUT2D eigenvalue weighted by Crippen LogP contribution is 2.12. The fourth-order valence-corrected chi connectivity index (χ4v) is 2.04. The molecule has 3 N–H and O–H groups in total. The lowest BCUT2D eigenvalue weighted by Crippen LogP contribution is -2.50. The Morgan fingerprint density at radius 1 is 1.44 bits per heavy atom. The van der Waals surface area contributed by atoms with E-state index in [-0.39, 0.29) is 18.6 Å². The van der Waals surface area contributed by atoms with E-state index in [9.17, 15) is 9.59 Å². The zero-order chi connectivity index (χ0) is 13.7. The number of carbonyl (C=O) groups excluding carboxylic acids is 1. The van der Waals surface area contributed by atoms with Crippen molar-refractivity contribution in [1.29, 1.82) is 0 Å². The van der Waals surface area contributed by atoms with Crippen LogP contribution in [0.2, 0.25) is 0 Å². The Bertz CT molecular complexity index is 301. The van der Waals surface area contributed by atoms with Gasteiger partial charge in [-0.15, -0.1) is 0 Å². The molecule has 6 nitrogen and oxygen atoms in total. The van der Waals surface area contributed by atoms with Crippen LogP contribution in [0.3, 0.4) is 0 Å². The molecule has 1 fully saturated rings. The maximum Gasteiger partial charge on any atom is 0.320 e. The van der Waals surface area contributed by atoms with E-state index in [0.29, 0.717) is 19.6 Å². The van der Waals surface area contributed by atoms with Crippen LogP contribution in [0.25, 0.3) is 0 Å². The van der Waals surface area contributed by atoms with Crippen molar-refractivity contribution in [1.82, 2.24) is 9.80 Å². The van der Waals surface area contributed by atoms with Crippen LogP contribution in [0.4, 0.5) is 4.79 Å². The van der Waals surface area contributed by atoms with E-state index in [1.165, 1.54) is 0 Å². The van der Waals surface area contributed by atoms with Gasteiger partial charge in [-0.1, -0.05) is 6.92 Å². The van der Waals surface area contributed by atoms with Crippen molar-refractivity contribution in [3.8, 4) is 0 Å². The fourth-order valence-electron chi connectivity index (χ4n) is 2.04. The fraction of sp³-hybridized carbons (Fsp3) is 0.833.